The van der Waals surface area contributed by atoms with Crippen molar-refractivity contribution in [2.75, 3.05) is 11.9 Å². The van der Waals surface area contributed by atoms with Crippen molar-refractivity contribution in [1.29, 1.82) is 0 Å². The molecule has 0 aliphatic heterocycles. The molecule has 1 aromatic carbocycles. The zero-order valence-corrected chi connectivity index (χ0v) is 12.0. The summed E-state index contributed by atoms with van der Waals surface area (Å²) < 4.78 is 0. The summed E-state index contributed by atoms with van der Waals surface area (Å²) in [5, 5.41) is 12.1. The van der Waals surface area contributed by atoms with Crippen LogP contribution in [0.15, 0.2) is 24.3 Å². The highest BCUT2D eigenvalue weighted by atomic mass is 32.1. The number of anilines is 1. The number of carbonyl (C=O) groups is 1. The second-order valence-corrected chi connectivity index (χ2v) is 5.32. The number of aromatic nitrogens is 1. The van der Waals surface area contributed by atoms with Crippen LogP contribution in [0.25, 0.3) is 0 Å². The molecule has 0 aliphatic rings. The van der Waals surface area contributed by atoms with Gasteiger partial charge in [-0.15, -0.1) is 11.3 Å². The van der Waals surface area contributed by atoms with Crippen molar-refractivity contribution < 1.29 is 9.90 Å². The Morgan fingerprint density at radius 1 is 1.40 bits per heavy atom. The van der Waals surface area contributed by atoms with Gasteiger partial charge in [-0.25, -0.2) is 4.98 Å². The fourth-order valence-electron chi connectivity index (χ4n) is 1.62. The number of rotatable bonds is 2. The highest BCUT2D eigenvalue weighted by Crippen LogP contribution is 2.22. The maximum Gasteiger partial charge on any atom is 0.258 e. The predicted molar refractivity (Wildman–Crippen MR) is 79.9 cm³/mol. The van der Waals surface area contributed by atoms with Gasteiger partial charge in [0.25, 0.3) is 5.91 Å². The lowest BCUT2D eigenvalue weighted by Crippen LogP contribution is -2.13. The van der Waals surface area contributed by atoms with E-state index >= 15 is 0 Å². The molecular weight excluding hydrogens is 272 g/mol. The van der Waals surface area contributed by atoms with E-state index in [4.69, 9.17) is 5.11 Å². The maximum absolute atomic E-state index is 12.2. The monoisotopic (exact) mass is 286 g/mol. The first-order valence-electron chi connectivity index (χ1n) is 6.06. The number of thiazole rings is 1. The molecule has 0 bridgehead atoms. The van der Waals surface area contributed by atoms with Crippen LogP contribution in [0.1, 0.15) is 26.5 Å². The zero-order valence-electron chi connectivity index (χ0n) is 11.2. The molecule has 102 valence electrons. The Balaban J connectivity index is 2.25. The highest BCUT2D eigenvalue weighted by molar-refractivity contribution is 7.15. The molecule has 0 aliphatic carbocycles. The quantitative estimate of drug-likeness (QED) is 0.833. The van der Waals surface area contributed by atoms with Crippen molar-refractivity contribution in [3.05, 3.63) is 46.0 Å². The minimum Gasteiger partial charge on any atom is -0.384 e. The molecule has 20 heavy (non-hydrogen) atoms. The SMILES string of the molecule is Cc1nc(NC(=O)c2ccccc2C#CCO)sc1C. The van der Waals surface area contributed by atoms with E-state index in [9.17, 15) is 4.79 Å². The topological polar surface area (TPSA) is 62.2 Å². The Hall–Kier alpha value is -2.16. The molecule has 1 aromatic heterocycles. The van der Waals surface area contributed by atoms with E-state index in [0.29, 0.717) is 16.3 Å². The molecule has 0 saturated carbocycles. The molecule has 0 radical (unpaired) electrons. The van der Waals surface area contributed by atoms with E-state index in [1.165, 1.54) is 11.3 Å². The number of aliphatic hydroxyl groups excluding tert-OH is 1. The number of amides is 1. The van der Waals surface area contributed by atoms with Crippen LogP contribution in [0.5, 0.6) is 0 Å². The first-order chi connectivity index (χ1) is 9.61. The van der Waals surface area contributed by atoms with Gasteiger partial charge in [0, 0.05) is 10.4 Å². The fourth-order valence-corrected chi connectivity index (χ4v) is 2.43. The first-order valence-corrected chi connectivity index (χ1v) is 6.87. The summed E-state index contributed by atoms with van der Waals surface area (Å²) in [4.78, 5) is 17.6. The van der Waals surface area contributed by atoms with Gasteiger partial charge < -0.3 is 5.11 Å². The largest absolute Gasteiger partial charge is 0.384 e. The van der Waals surface area contributed by atoms with E-state index in [1.54, 1.807) is 24.3 Å². The number of nitrogens with zero attached hydrogens (tertiary/aromatic N) is 1. The lowest BCUT2D eigenvalue weighted by molar-refractivity contribution is 0.102. The van der Waals surface area contributed by atoms with Crippen LogP contribution in [-0.2, 0) is 0 Å². The van der Waals surface area contributed by atoms with Gasteiger partial charge in [-0.2, -0.15) is 0 Å². The van der Waals surface area contributed by atoms with Gasteiger partial charge >= 0.3 is 0 Å². The van der Waals surface area contributed by atoms with Crippen LogP contribution >= 0.6 is 11.3 Å². The molecule has 0 fully saturated rings. The number of hydrogen-bond donors (Lipinski definition) is 2. The third kappa shape index (κ3) is 3.23. The van der Waals surface area contributed by atoms with Crippen LogP contribution in [0.4, 0.5) is 5.13 Å². The van der Waals surface area contributed by atoms with Crippen LogP contribution in [0.2, 0.25) is 0 Å². The van der Waals surface area contributed by atoms with Crippen molar-refractivity contribution in [2.45, 2.75) is 13.8 Å². The molecule has 0 spiro atoms. The third-order valence-electron chi connectivity index (χ3n) is 2.72. The molecule has 0 unspecified atom stereocenters. The molecular formula is C15H14N2O2S. The van der Waals surface area contributed by atoms with Crippen LogP contribution < -0.4 is 5.32 Å². The van der Waals surface area contributed by atoms with Gasteiger partial charge in [0.1, 0.15) is 6.61 Å². The van der Waals surface area contributed by atoms with E-state index in [2.05, 4.69) is 22.1 Å². The van der Waals surface area contributed by atoms with E-state index in [0.717, 1.165) is 10.6 Å². The Morgan fingerprint density at radius 3 is 2.80 bits per heavy atom. The van der Waals surface area contributed by atoms with Gasteiger partial charge in [0.15, 0.2) is 5.13 Å². The van der Waals surface area contributed by atoms with Crippen molar-refractivity contribution in [3.8, 4) is 11.8 Å². The second-order valence-electron chi connectivity index (χ2n) is 4.12. The lowest BCUT2D eigenvalue weighted by Gasteiger charge is -2.04. The summed E-state index contributed by atoms with van der Waals surface area (Å²) in [6.45, 7) is 3.63. The summed E-state index contributed by atoms with van der Waals surface area (Å²) in [5.74, 6) is 5.07. The second kappa shape index (κ2) is 6.33. The summed E-state index contributed by atoms with van der Waals surface area (Å²) in [6, 6.07) is 7.02. The Morgan fingerprint density at radius 2 is 2.15 bits per heavy atom. The van der Waals surface area contributed by atoms with E-state index in [1.807, 2.05) is 13.8 Å². The molecule has 2 rings (SSSR count). The summed E-state index contributed by atoms with van der Waals surface area (Å²) >= 11 is 1.44. The smallest absolute Gasteiger partial charge is 0.258 e. The molecule has 1 amide bonds. The van der Waals surface area contributed by atoms with Gasteiger partial charge in [0.05, 0.1) is 11.3 Å². The van der Waals surface area contributed by atoms with Crippen molar-refractivity contribution in [2.24, 2.45) is 0 Å². The Kier molecular flexibility index (Phi) is 4.51. The maximum atomic E-state index is 12.2. The van der Waals surface area contributed by atoms with E-state index < -0.39 is 0 Å². The van der Waals surface area contributed by atoms with Crippen LogP contribution in [0, 0.1) is 25.7 Å². The Labute approximate surface area is 121 Å². The third-order valence-corrected chi connectivity index (χ3v) is 3.71. The van der Waals surface area contributed by atoms with E-state index in [-0.39, 0.29) is 12.5 Å². The highest BCUT2D eigenvalue weighted by Gasteiger charge is 2.12. The molecule has 5 heteroatoms. The zero-order chi connectivity index (χ0) is 14.5. The van der Waals surface area contributed by atoms with Crippen molar-refractivity contribution in [1.82, 2.24) is 4.98 Å². The van der Waals surface area contributed by atoms with Crippen molar-refractivity contribution in [3.63, 3.8) is 0 Å². The predicted octanol–water partition coefficient (Wildman–Crippen LogP) is 2.36. The average molecular weight is 286 g/mol. The number of benzene rings is 1. The molecule has 4 nitrogen and oxygen atoms in total. The number of aryl methyl sites for hydroxylation is 2. The molecule has 0 saturated heterocycles. The van der Waals surface area contributed by atoms with Gasteiger partial charge in [-0.05, 0) is 26.0 Å². The lowest BCUT2D eigenvalue weighted by atomic mass is 10.1. The summed E-state index contributed by atoms with van der Waals surface area (Å²) in [5.41, 5.74) is 1.97. The normalized spacial score (nSPS) is 9.75. The van der Waals surface area contributed by atoms with Crippen molar-refractivity contribution >= 4 is 22.4 Å². The average Bonchev–Trinajstić information content (AvgIpc) is 2.75. The summed E-state index contributed by atoms with van der Waals surface area (Å²) in [7, 11) is 0. The minimum atomic E-state index is -0.249. The molecule has 0 atom stereocenters. The number of carbonyl (C=O) groups excluding carboxylic acids is 1. The molecule has 2 aromatic rings. The van der Waals surface area contributed by atoms with Gasteiger partial charge in [-0.1, -0.05) is 24.0 Å². The Bertz CT molecular complexity index is 676. The molecule has 2 N–H and O–H groups in total. The number of nitrogens with one attached hydrogen (secondary N) is 1. The number of aliphatic hydroxyl groups is 1. The minimum absolute atomic E-state index is 0.235. The fraction of sp³-hybridized carbons (Fsp3) is 0.200. The molecule has 1 heterocycles. The van der Waals surface area contributed by atoms with Gasteiger partial charge in [0.2, 0.25) is 0 Å². The van der Waals surface area contributed by atoms with Gasteiger partial charge in [-0.3, -0.25) is 10.1 Å². The summed E-state index contributed by atoms with van der Waals surface area (Å²) in [6.07, 6.45) is 0. The first kappa shape index (κ1) is 14.3. The number of hydrogen-bond acceptors (Lipinski definition) is 4. The van der Waals surface area contributed by atoms with Crippen LogP contribution in [0.3, 0.4) is 0 Å². The van der Waals surface area contributed by atoms with Crippen LogP contribution in [-0.4, -0.2) is 22.6 Å². The standard InChI is InChI=1S/C15H14N2O2S/c1-10-11(2)20-15(16-10)17-14(19)13-8-4-3-6-12(13)7-5-9-18/h3-4,6,8,18H,9H2,1-2H3,(H,16,17,19).